The minimum Gasteiger partial charge on any atom is -0.501 e. The van der Waals surface area contributed by atoms with Gasteiger partial charge < -0.3 is 14.4 Å². The van der Waals surface area contributed by atoms with Crippen LogP contribution in [0.15, 0.2) is 102 Å². The Morgan fingerprint density at radius 2 is 1.77 bits per heavy atom. The zero-order chi connectivity index (χ0) is 24.2. The number of aromatic nitrogens is 2. The number of furan rings is 1. The number of hydrogen-bond donors (Lipinski definition) is 0. The van der Waals surface area contributed by atoms with Gasteiger partial charge >= 0.3 is 0 Å². The molecule has 5 heteroatoms. The van der Waals surface area contributed by atoms with Gasteiger partial charge in [0, 0.05) is 37.9 Å². The van der Waals surface area contributed by atoms with E-state index in [2.05, 4.69) is 28.2 Å². The summed E-state index contributed by atoms with van der Waals surface area (Å²) in [7, 11) is 0. The molecule has 6 aromatic rings. The van der Waals surface area contributed by atoms with Gasteiger partial charge in [0.25, 0.3) is 0 Å². The molecule has 0 spiro atoms. The first-order chi connectivity index (χ1) is 17.2. The van der Waals surface area contributed by atoms with Crippen molar-refractivity contribution in [2.45, 2.75) is 6.92 Å². The second-order valence-corrected chi connectivity index (χ2v) is 7.64. The molecule has 35 heavy (non-hydrogen) atoms. The molecule has 0 saturated carbocycles. The predicted molar refractivity (Wildman–Crippen MR) is 134 cm³/mol. The van der Waals surface area contributed by atoms with Gasteiger partial charge in [-0.2, -0.15) is 5.26 Å². The summed E-state index contributed by atoms with van der Waals surface area (Å²) in [6, 6.07) is 33.2. The number of aryl methyl sites for hydroxylation is 1. The van der Waals surface area contributed by atoms with Gasteiger partial charge in [0.1, 0.15) is 5.58 Å². The Bertz CT molecular complexity index is 1660. The molecule has 0 fully saturated rings. The summed E-state index contributed by atoms with van der Waals surface area (Å²) < 4.78 is 14.0. The van der Waals surface area contributed by atoms with E-state index < -0.39 is 0 Å². The average molecular weight is 631 g/mol. The second-order valence-electron chi connectivity index (χ2n) is 7.64. The van der Waals surface area contributed by atoms with Crippen molar-refractivity contribution in [3.8, 4) is 28.6 Å². The van der Waals surface area contributed by atoms with Crippen LogP contribution in [0.2, 0.25) is 0 Å². The van der Waals surface area contributed by atoms with Crippen LogP contribution in [-0.4, -0.2) is 9.97 Å². The normalized spacial score (nSPS) is 10.6. The molecular weight excluding hydrogens is 611 g/mol. The van der Waals surface area contributed by atoms with Crippen LogP contribution in [0.3, 0.4) is 0 Å². The molecule has 6 rings (SSSR count). The molecular formula is C30H19IrN3O-2. The van der Waals surface area contributed by atoms with E-state index >= 15 is 0 Å². The first-order valence-electron chi connectivity index (χ1n) is 11.2. The van der Waals surface area contributed by atoms with Crippen molar-refractivity contribution in [3.05, 3.63) is 121 Å². The fourth-order valence-corrected chi connectivity index (χ4v) is 3.62. The van der Waals surface area contributed by atoms with E-state index in [1.807, 2.05) is 85.9 Å². The summed E-state index contributed by atoms with van der Waals surface area (Å²) in [6.07, 6.45) is 3.59. The molecule has 1 radical (unpaired) electrons. The van der Waals surface area contributed by atoms with Crippen LogP contribution in [0.4, 0.5) is 0 Å². The van der Waals surface area contributed by atoms with E-state index in [0.717, 1.165) is 33.3 Å². The summed E-state index contributed by atoms with van der Waals surface area (Å²) in [6.45, 7) is 2.03. The van der Waals surface area contributed by atoms with Crippen LogP contribution in [-0.2, 0) is 20.1 Å². The molecule has 0 saturated heterocycles. The average Bonchev–Trinajstić information content (AvgIpc) is 3.31. The number of nitrogens with zero attached hydrogens (tertiary/aromatic N) is 3. The summed E-state index contributed by atoms with van der Waals surface area (Å²) in [5.41, 5.74) is 6.08. The monoisotopic (exact) mass is 631 g/mol. The molecule has 0 amide bonds. The van der Waals surface area contributed by atoms with Gasteiger partial charge in [-0.1, -0.05) is 41.3 Å². The van der Waals surface area contributed by atoms with Gasteiger partial charge in [-0.05, 0) is 42.1 Å². The maximum atomic E-state index is 9.06. The quantitative estimate of drug-likeness (QED) is 0.190. The number of benzene rings is 3. The third-order valence-electron chi connectivity index (χ3n) is 5.29. The molecule has 3 heterocycles. The Morgan fingerprint density at radius 1 is 0.886 bits per heavy atom. The number of fused-ring (bicyclic) bond motifs is 3. The molecule has 3 aromatic heterocycles. The minimum absolute atomic E-state index is 0. The first-order valence-corrected chi connectivity index (χ1v) is 10.7. The molecule has 0 bridgehead atoms. The SMILES string of the molecule is Cc1ccc(-c2[c-]cccc2)nc1.[2H]c1c(C#N)ccc2c1oc1c(-c3ccccn3)[c-]ccc12.[Ir]. The van der Waals surface area contributed by atoms with Gasteiger partial charge in [-0.3, -0.25) is 0 Å². The molecule has 0 atom stereocenters. The van der Waals surface area contributed by atoms with Crippen molar-refractivity contribution < 1.29 is 25.9 Å². The summed E-state index contributed by atoms with van der Waals surface area (Å²) in [4.78, 5) is 8.65. The van der Waals surface area contributed by atoms with Crippen LogP contribution >= 0.6 is 0 Å². The fraction of sp³-hybridized carbons (Fsp3) is 0.0333. The molecule has 3 aromatic carbocycles. The van der Waals surface area contributed by atoms with Gasteiger partial charge in [0.2, 0.25) is 0 Å². The largest absolute Gasteiger partial charge is 0.501 e. The van der Waals surface area contributed by atoms with Crippen molar-refractivity contribution in [2.75, 3.05) is 0 Å². The Hall–Kier alpha value is -4.10. The molecule has 171 valence electrons. The molecule has 0 aliphatic carbocycles. The van der Waals surface area contributed by atoms with E-state index in [9.17, 15) is 0 Å². The van der Waals surface area contributed by atoms with Crippen molar-refractivity contribution in [3.63, 3.8) is 0 Å². The topological polar surface area (TPSA) is 62.7 Å². The van der Waals surface area contributed by atoms with Crippen LogP contribution < -0.4 is 0 Å². The Kier molecular flexibility index (Phi) is 7.05. The molecule has 0 unspecified atom stereocenters. The Balaban J connectivity index is 0.000000187. The predicted octanol–water partition coefficient (Wildman–Crippen LogP) is 7.17. The van der Waals surface area contributed by atoms with Crippen LogP contribution in [0, 0.1) is 30.4 Å². The van der Waals surface area contributed by atoms with Crippen molar-refractivity contribution in [1.29, 1.82) is 5.26 Å². The minimum atomic E-state index is 0. The Morgan fingerprint density at radius 3 is 2.49 bits per heavy atom. The van der Waals surface area contributed by atoms with E-state index in [-0.39, 0.29) is 26.1 Å². The summed E-state index contributed by atoms with van der Waals surface area (Å²) in [5.74, 6) is 0. The van der Waals surface area contributed by atoms with Crippen LogP contribution in [0.1, 0.15) is 12.5 Å². The van der Waals surface area contributed by atoms with Gasteiger partial charge in [0.15, 0.2) is 0 Å². The number of pyridine rings is 2. The first kappa shape index (κ1) is 22.7. The number of rotatable bonds is 2. The smallest absolute Gasteiger partial charge is 0.122 e. The molecule has 4 nitrogen and oxygen atoms in total. The van der Waals surface area contributed by atoms with E-state index in [1.165, 1.54) is 5.56 Å². The second kappa shape index (κ2) is 10.9. The van der Waals surface area contributed by atoms with Crippen LogP contribution in [0.25, 0.3) is 44.5 Å². The third kappa shape index (κ3) is 5.20. The van der Waals surface area contributed by atoms with Gasteiger partial charge in [-0.25, -0.2) is 0 Å². The number of hydrogen-bond acceptors (Lipinski definition) is 4. The van der Waals surface area contributed by atoms with E-state index in [1.54, 1.807) is 12.3 Å². The van der Waals surface area contributed by atoms with Gasteiger partial charge in [0.05, 0.1) is 18.6 Å². The van der Waals surface area contributed by atoms with Gasteiger partial charge in [-0.15, -0.1) is 54.1 Å². The third-order valence-corrected chi connectivity index (χ3v) is 5.29. The standard InChI is InChI=1S/C18H9N2O.C12H10N.Ir/c19-11-12-7-8-13-14-4-3-5-15(16-6-1-2-9-20-16)18(14)21-17(13)10-12;1-10-7-8-12(13-9-10)11-5-3-2-4-6-11;/h1-4,6-10H;2-5,7-9H,1H3;/q2*-1;/i10D;;. The molecule has 0 aliphatic rings. The summed E-state index contributed by atoms with van der Waals surface area (Å²) >= 11 is 0. The Labute approximate surface area is 218 Å². The van der Waals surface area contributed by atoms with Crippen molar-refractivity contribution >= 4 is 21.9 Å². The fourth-order valence-electron chi connectivity index (χ4n) is 3.62. The van der Waals surface area contributed by atoms with Crippen molar-refractivity contribution in [2.24, 2.45) is 0 Å². The maximum Gasteiger partial charge on any atom is 0.122 e. The van der Waals surface area contributed by atoms with E-state index in [0.29, 0.717) is 16.7 Å². The van der Waals surface area contributed by atoms with E-state index in [4.69, 9.17) is 11.0 Å². The zero-order valence-corrected chi connectivity index (χ0v) is 21.1. The zero-order valence-electron chi connectivity index (χ0n) is 19.7. The number of nitriles is 1. The van der Waals surface area contributed by atoms with Crippen molar-refractivity contribution in [1.82, 2.24) is 9.97 Å². The maximum absolute atomic E-state index is 9.06. The van der Waals surface area contributed by atoms with Crippen LogP contribution in [0.5, 0.6) is 0 Å². The molecule has 0 N–H and O–H groups in total. The molecule has 0 aliphatic heterocycles. The summed E-state index contributed by atoms with van der Waals surface area (Å²) in [5, 5.41) is 10.8.